The fraction of sp³-hybridized carbons (Fsp3) is 0.267. The fourth-order valence-corrected chi connectivity index (χ4v) is 4.91. The summed E-state index contributed by atoms with van der Waals surface area (Å²) in [5.41, 5.74) is 3.75. The monoisotopic (exact) mass is 591 g/mol. The summed E-state index contributed by atoms with van der Waals surface area (Å²) in [6, 6.07) is 16.1. The molecule has 0 atom stereocenters. The predicted octanol–water partition coefficient (Wildman–Crippen LogP) is 4.58. The summed E-state index contributed by atoms with van der Waals surface area (Å²) in [5.74, 6) is 2.04. The molecular weight excluding hydrogens is 558 g/mol. The molecule has 0 spiro atoms. The van der Waals surface area contributed by atoms with Crippen molar-refractivity contribution in [1.29, 1.82) is 0 Å². The molecule has 0 unspecified atom stereocenters. The van der Waals surface area contributed by atoms with Gasteiger partial charge in [0.2, 0.25) is 5.91 Å². The van der Waals surface area contributed by atoms with Crippen LogP contribution < -0.4 is 29.6 Å². The van der Waals surface area contributed by atoms with Crippen LogP contribution in [0.4, 0.5) is 5.69 Å². The molecule has 1 aromatic heterocycles. The standard InChI is InChI=1S/C30H33N5O6S/c1-18-7-8-19(2)22(13-18)32-28(36)17-42-30-34-33-27(35(30)23-15-21(38-3)10-12-24(23)39-4)16-31-29(37)20-9-11-25(40-5)26(14-20)41-6/h7-15H,16-17H2,1-6H3,(H,31,37)(H,32,36). The lowest BCUT2D eigenvalue weighted by molar-refractivity contribution is -0.113. The molecule has 2 amide bonds. The van der Waals surface area contributed by atoms with E-state index in [1.807, 2.05) is 32.0 Å². The number of ether oxygens (including phenoxy) is 4. The van der Waals surface area contributed by atoms with Crippen LogP contribution in [-0.2, 0) is 11.3 Å². The predicted molar refractivity (Wildman–Crippen MR) is 160 cm³/mol. The van der Waals surface area contributed by atoms with Crippen LogP contribution in [0.3, 0.4) is 0 Å². The Kier molecular flexibility index (Phi) is 9.92. The van der Waals surface area contributed by atoms with Crippen molar-refractivity contribution in [2.24, 2.45) is 0 Å². The molecule has 0 fully saturated rings. The van der Waals surface area contributed by atoms with Gasteiger partial charge in [-0.3, -0.25) is 14.2 Å². The van der Waals surface area contributed by atoms with Crippen LogP contribution in [0.5, 0.6) is 23.0 Å². The molecule has 0 aliphatic carbocycles. The number of aryl methyl sites for hydroxylation is 2. The third kappa shape index (κ3) is 6.95. The van der Waals surface area contributed by atoms with E-state index in [-0.39, 0.29) is 24.1 Å². The molecule has 4 rings (SSSR count). The van der Waals surface area contributed by atoms with Gasteiger partial charge in [-0.1, -0.05) is 23.9 Å². The quantitative estimate of drug-likeness (QED) is 0.228. The lowest BCUT2D eigenvalue weighted by Crippen LogP contribution is -2.25. The third-order valence-electron chi connectivity index (χ3n) is 6.38. The molecule has 0 aliphatic rings. The maximum absolute atomic E-state index is 13.0. The van der Waals surface area contributed by atoms with E-state index in [9.17, 15) is 9.59 Å². The number of rotatable bonds is 12. The van der Waals surface area contributed by atoms with Gasteiger partial charge in [-0.05, 0) is 61.4 Å². The number of anilines is 1. The maximum Gasteiger partial charge on any atom is 0.251 e. The van der Waals surface area contributed by atoms with Crippen LogP contribution in [0.15, 0.2) is 59.8 Å². The van der Waals surface area contributed by atoms with Crippen LogP contribution in [0.25, 0.3) is 5.69 Å². The number of methoxy groups -OCH3 is 4. The number of benzene rings is 3. The SMILES string of the molecule is COc1ccc(OC)c(-n2c(CNC(=O)c3ccc(OC)c(OC)c3)nnc2SCC(=O)Nc2cc(C)ccc2C)c1. The van der Waals surface area contributed by atoms with Crippen molar-refractivity contribution in [3.05, 3.63) is 77.1 Å². The average Bonchev–Trinajstić information content (AvgIpc) is 3.42. The first-order valence-electron chi connectivity index (χ1n) is 12.9. The number of amides is 2. The number of thioether (sulfide) groups is 1. The molecule has 0 saturated carbocycles. The van der Waals surface area contributed by atoms with Gasteiger partial charge < -0.3 is 29.6 Å². The van der Waals surface area contributed by atoms with Gasteiger partial charge in [0.25, 0.3) is 5.91 Å². The second kappa shape index (κ2) is 13.8. The van der Waals surface area contributed by atoms with Crippen molar-refractivity contribution in [3.63, 3.8) is 0 Å². The Labute approximate surface area is 248 Å². The van der Waals surface area contributed by atoms with Gasteiger partial charge in [-0.15, -0.1) is 10.2 Å². The van der Waals surface area contributed by atoms with E-state index in [0.717, 1.165) is 16.8 Å². The number of carbonyl (C=O) groups is 2. The maximum atomic E-state index is 13.0. The molecular formula is C30H33N5O6S. The largest absolute Gasteiger partial charge is 0.497 e. The van der Waals surface area contributed by atoms with Gasteiger partial charge in [0.1, 0.15) is 11.5 Å². The van der Waals surface area contributed by atoms with Crippen molar-refractivity contribution in [3.8, 4) is 28.7 Å². The first-order valence-corrected chi connectivity index (χ1v) is 13.9. The minimum Gasteiger partial charge on any atom is -0.497 e. The van der Waals surface area contributed by atoms with Crippen molar-refractivity contribution in [2.75, 3.05) is 39.5 Å². The molecule has 0 radical (unpaired) electrons. The summed E-state index contributed by atoms with van der Waals surface area (Å²) in [5, 5.41) is 15.0. The van der Waals surface area contributed by atoms with Gasteiger partial charge in [-0.25, -0.2) is 0 Å². The number of aromatic nitrogens is 3. The molecule has 11 nitrogen and oxygen atoms in total. The van der Waals surface area contributed by atoms with Crippen molar-refractivity contribution >= 4 is 29.3 Å². The molecule has 0 aliphatic heterocycles. The van der Waals surface area contributed by atoms with Crippen LogP contribution in [0.1, 0.15) is 27.3 Å². The molecule has 3 aromatic carbocycles. The second-order valence-corrected chi connectivity index (χ2v) is 10.1. The molecule has 4 aromatic rings. The zero-order valence-corrected chi connectivity index (χ0v) is 25.1. The van der Waals surface area contributed by atoms with Gasteiger partial charge in [-0.2, -0.15) is 0 Å². The fourth-order valence-electron chi connectivity index (χ4n) is 4.15. The van der Waals surface area contributed by atoms with E-state index >= 15 is 0 Å². The molecule has 42 heavy (non-hydrogen) atoms. The summed E-state index contributed by atoms with van der Waals surface area (Å²) in [6.07, 6.45) is 0. The van der Waals surface area contributed by atoms with E-state index in [1.54, 1.807) is 55.2 Å². The molecule has 0 saturated heterocycles. The highest BCUT2D eigenvalue weighted by Gasteiger charge is 2.21. The number of nitrogens with zero attached hydrogens (tertiary/aromatic N) is 3. The first kappa shape index (κ1) is 30.3. The van der Waals surface area contributed by atoms with Crippen molar-refractivity contribution < 1.29 is 28.5 Å². The van der Waals surface area contributed by atoms with E-state index in [1.165, 1.54) is 26.0 Å². The van der Waals surface area contributed by atoms with Gasteiger partial charge >= 0.3 is 0 Å². The number of nitrogens with one attached hydrogen (secondary N) is 2. The topological polar surface area (TPSA) is 126 Å². The van der Waals surface area contributed by atoms with Crippen LogP contribution in [0.2, 0.25) is 0 Å². The highest BCUT2D eigenvalue weighted by atomic mass is 32.2. The highest BCUT2D eigenvalue weighted by molar-refractivity contribution is 7.99. The number of hydrogen-bond donors (Lipinski definition) is 2. The number of carbonyl (C=O) groups excluding carboxylic acids is 2. The van der Waals surface area contributed by atoms with Crippen LogP contribution in [-0.4, -0.2) is 60.8 Å². The summed E-state index contributed by atoms with van der Waals surface area (Å²) < 4.78 is 23.4. The minimum atomic E-state index is -0.342. The zero-order chi connectivity index (χ0) is 30.2. The Morgan fingerprint density at radius 2 is 1.57 bits per heavy atom. The molecule has 0 bridgehead atoms. The summed E-state index contributed by atoms with van der Waals surface area (Å²) in [7, 11) is 6.15. The first-order chi connectivity index (χ1) is 20.3. The third-order valence-corrected chi connectivity index (χ3v) is 7.31. The summed E-state index contributed by atoms with van der Waals surface area (Å²) in [6.45, 7) is 3.95. The molecule has 220 valence electrons. The lowest BCUT2D eigenvalue weighted by atomic mass is 10.1. The molecule has 12 heteroatoms. The average molecular weight is 592 g/mol. The Bertz CT molecular complexity index is 1590. The zero-order valence-electron chi connectivity index (χ0n) is 24.3. The minimum absolute atomic E-state index is 0.0375. The Morgan fingerprint density at radius 1 is 0.833 bits per heavy atom. The molecule has 2 N–H and O–H groups in total. The summed E-state index contributed by atoms with van der Waals surface area (Å²) >= 11 is 1.21. The molecule has 1 heterocycles. The van der Waals surface area contributed by atoms with E-state index in [2.05, 4.69) is 20.8 Å². The summed E-state index contributed by atoms with van der Waals surface area (Å²) in [4.78, 5) is 25.9. The number of hydrogen-bond acceptors (Lipinski definition) is 9. The van der Waals surface area contributed by atoms with Gasteiger partial charge in [0.15, 0.2) is 22.5 Å². The lowest BCUT2D eigenvalue weighted by Gasteiger charge is -2.16. The van der Waals surface area contributed by atoms with Gasteiger partial charge in [0, 0.05) is 17.3 Å². The van der Waals surface area contributed by atoms with Crippen molar-refractivity contribution in [2.45, 2.75) is 25.5 Å². The van der Waals surface area contributed by atoms with E-state index in [0.29, 0.717) is 45.2 Å². The Balaban J connectivity index is 1.60. The van der Waals surface area contributed by atoms with Crippen LogP contribution in [0, 0.1) is 13.8 Å². The van der Waals surface area contributed by atoms with Crippen molar-refractivity contribution in [1.82, 2.24) is 20.1 Å². The Morgan fingerprint density at radius 3 is 2.29 bits per heavy atom. The Hall–Kier alpha value is -4.71. The van der Waals surface area contributed by atoms with E-state index in [4.69, 9.17) is 18.9 Å². The second-order valence-electron chi connectivity index (χ2n) is 9.18. The van der Waals surface area contributed by atoms with Gasteiger partial charge in [0.05, 0.1) is 46.4 Å². The normalized spacial score (nSPS) is 10.6. The van der Waals surface area contributed by atoms with Crippen LogP contribution >= 0.6 is 11.8 Å². The highest BCUT2D eigenvalue weighted by Crippen LogP contribution is 2.32. The van der Waals surface area contributed by atoms with E-state index < -0.39 is 0 Å². The smallest absolute Gasteiger partial charge is 0.251 e.